The molecule has 1 aliphatic rings. The molecule has 1 amide bonds. The predicted octanol–water partition coefficient (Wildman–Crippen LogP) is 0.513. The van der Waals surface area contributed by atoms with Crippen LogP contribution in [0.2, 0.25) is 0 Å². The number of aliphatic hydroxyl groups is 2. The van der Waals surface area contributed by atoms with Crippen LogP contribution in [0.5, 0.6) is 0 Å². The van der Waals surface area contributed by atoms with E-state index in [4.69, 9.17) is 4.74 Å². The summed E-state index contributed by atoms with van der Waals surface area (Å²) in [5.41, 5.74) is 0.577. The minimum absolute atomic E-state index is 0.00369. The second-order valence-electron chi connectivity index (χ2n) is 6.46. The number of carbonyl (C=O) groups is 1. The van der Waals surface area contributed by atoms with Crippen LogP contribution in [-0.4, -0.2) is 50.6 Å². The summed E-state index contributed by atoms with van der Waals surface area (Å²) in [6.07, 6.45) is 0.287. The highest BCUT2D eigenvalue weighted by molar-refractivity contribution is 5.82. The van der Waals surface area contributed by atoms with Gasteiger partial charge in [0, 0.05) is 25.6 Å². The lowest BCUT2D eigenvalue weighted by Crippen LogP contribution is -2.45. The molecule has 2 aromatic rings. The highest BCUT2D eigenvalue weighted by Gasteiger charge is 2.36. The Labute approximate surface area is 151 Å². The van der Waals surface area contributed by atoms with Crippen LogP contribution in [0.1, 0.15) is 42.1 Å². The smallest absolute Gasteiger partial charge is 0.253 e. The topological polar surface area (TPSA) is 110 Å². The molecule has 1 heterocycles. The Hall–Kier alpha value is -2.29. The van der Waals surface area contributed by atoms with Gasteiger partial charge in [-0.05, 0) is 18.4 Å². The Kier molecular flexibility index (Phi) is 5.97. The summed E-state index contributed by atoms with van der Waals surface area (Å²) in [7, 11) is 1.62. The Morgan fingerprint density at radius 3 is 2.73 bits per heavy atom. The van der Waals surface area contributed by atoms with Gasteiger partial charge in [-0.15, -0.1) is 10.2 Å². The van der Waals surface area contributed by atoms with Crippen LogP contribution in [0, 0.1) is 0 Å². The minimum atomic E-state index is -1.17. The van der Waals surface area contributed by atoms with E-state index in [1.54, 1.807) is 31.4 Å². The third-order valence-corrected chi connectivity index (χ3v) is 4.73. The van der Waals surface area contributed by atoms with Crippen LogP contribution >= 0.6 is 0 Å². The zero-order valence-electron chi connectivity index (χ0n) is 14.7. The number of methoxy groups -OCH3 is 1. The molecule has 0 aliphatic heterocycles. The largest absolute Gasteiger partial charge is 0.388 e. The van der Waals surface area contributed by atoms with Crippen LogP contribution in [0.25, 0.3) is 0 Å². The van der Waals surface area contributed by atoms with Crippen LogP contribution in [0.3, 0.4) is 0 Å². The first-order chi connectivity index (χ1) is 12.6. The van der Waals surface area contributed by atoms with E-state index in [0.29, 0.717) is 24.5 Å². The maximum atomic E-state index is 12.2. The van der Waals surface area contributed by atoms with Crippen molar-refractivity contribution < 1.29 is 19.7 Å². The number of hydrogen-bond acceptors (Lipinski definition) is 6. The van der Waals surface area contributed by atoms with Gasteiger partial charge in [-0.1, -0.05) is 30.3 Å². The molecule has 0 unspecified atom stereocenters. The monoisotopic (exact) mass is 360 g/mol. The van der Waals surface area contributed by atoms with Gasteiger partial charge < -0.3 is 24.8 Å². The number of rotatable bonds is 8. The van der Waals surface area contributed by atoms with Crippen LogP contribution < -0.4 is 5.32 Å². The van der Waals surface area contributed by atoms with Crippen LogP contribution in [-0.2, 0) is 22.7 Å². The molecule has 0 spiro atoms. The summed E-state index contributed by atoms with van der Waals surface area (Å²) in [6, 6.07) is 8.86. The molecular formula is C18H24N4O4. The molecule has 1 saturated carbocycles. The average molecular weight is 360 g/mol. The van der Waals surface area contributed by atoms with Crippen molar-refractivity contribution in [2.24, 2.45) is 0 Å². The predicted molar refractivity (Wildman–Crippen MR) is 93.1 cm³/mol. The van der Waals surface area contributed by atoms with Crippen molar-refractivity contribution in [3.63, 3.8) is 0 Å². The van der Waals surface area contributed by atoms with E-state index >= 15 is 0 Å². The van der Waals surface area contributed by atoms with Gasteiger partial charge in [0.25, 0.3) is 5.91 Å². The Bertz CT molecular complexity index is 728. The highest BCUT2D eigenvalue weighted by atomic mass is 16.5. The standard InChI is InChI=1S/C18H24N4O4/c1-26-8-7-22-15(11-23)20-21-17(22)13-9-14(10-13)19-18(25)16(24)12-5-3-2-4-6-12/h2-6,13-14,16,23-24H,7-11H2,1H3,(H,19,25)/t13?,14?,16-/m1/s1. The van der Waals surface area contributed by atoms with Crippen LogP contribution in [0.4, 0.5) is 0 Å². The van der Waals surface area contributed by atoms with E-state index in [0.717, 1.165) is 18.7 Å². The van der Waals surface area contributed by atoms with Crippen molar-refractivity contribution >= 4 is 5.91 Å². The minimum Gasteiger partial charge on any atom is -0.388 e. The molecule has 3 rings (SSSR count). The molecule has 1 aromatic heterocycles. The first-order valence-corrected chi connectivity index (χ1v) is 8.69. The molecule has 8 nitrogen and oxygen atoms in total. The molecule has 1 fully saturated rings. The fourth-order valence-corrected chi connectivity index (χ4v) is 3.21. The summed E-state index contributed by atoms with van der Waals surface area (Å²) in [5, 5.41) is 30.6. The van der Waals surface area contributed by atoms with Crippen molar-refractivity contribution in [1.29, 1.82) is 0 Å². The Balaban J connectivity index is 1.56. The lowest BCUT2D eigenvalue weighted by molar-refractivity contribution is -0.131. The number of carbonyl (C=O) groups excluding carboxylic acids is 1. The number of aliphatic hydroxyl groups excluding tert-OH is 2. The molecule has 0 saturated heterocycles. The van der Waals surface area contributed by atoms with Gasteiger partial charge >= 0.3 is 0 Å². The second-order valence-corrected chi connectivity index (χ2v) is 6.46. The lowest BCUT2D eigenvalue weighted by Gasteiger charge is -2.35. The fourth-order valence-electron chi connectivity index (χ4n) is 3.21. The van der Waals surface area contributed by atoms with Crippen LogP contribution in [0.15, 0.2) is 30.3 Å². The number of benzene rings is 1. The summed E-state index contributed by atoms with van der Waals surface area (Å²) in [4.78, 5) is 12.2. The maximum absolute atomic E-state index is 12.2. The number of nitrogens with zero attached hydrogens (tertiary/aromatic N) is 3. The number of amides is 1. The zero-order chi connectivity index (χ0) is 18.5. The average Bonchev–Trinajstić information content (AvgIpc) is 3.04. The molecular weight excluding hydrogens is 336 g/mol. The van der Waals surface area contributed by atoms with E-state index in [1.807, 2.05) is 10.6 Å². The summed E-state index contributed by atoms with van der Waals surface area (Å²) >= 11 is 0. The third kappa shape index (κ3) is 3.92. The van der Waals surface area contributed by atoms with Crippen molar-refractivity contribution in [3.05, 3.63) is 47.5 Å². The van der Waals surface area contributed by atoms with E-state index in [2.05, 4.69) is 15.5 Å². The second kappa shape index (κ2) is 8.39. The number of aromatic nitrogens is 3. The molecule has 1 aromatic carbocycles. The normalized spacial score (nSPS) is 20.4. The molecule has 1 aliphatic carbocycles. The fraction of sp³-hybridized carbons (Fsp3) is 0.500. The number of nitrogens with one attached hydrogen (secondary N) is 1. The molecule has 8 heteroatoms. The Morgan fingerprint density at radius 2 is 2.08 bits per heavy atom. The van der Waals surface area contributed by atoms with Gasteiger partial charge in [0.05, 0.1) is 6.61 Å². The van der Waals surface area contributed by atoms with Gasteiger partial charge in [0.1, 0.15) is 12.4 Å². The number of ether oxygens (including phenoxy) is 1. The van der Waals surface area contributed by atoms with E-state index in [1.165, 1.54) is 0 Å². The molecule has 1 atom stereocenters. The van der Waals surface area contributed by atoms with Gasteiger partial charge in [-0.2, -0.15) is 0 Å². The molecule has 140 valence electrons. The van der Waals surface area contributed by atoms with Gasteiger partial charge in [-0.25, -0.2) is 0 Å². The maximum Gasteiger partial charge on any atom is 0.253 e. The van der Waals surface area contributed by atoms with Crippen molar-refractivity contribution in [2.75, 3.05) is 13.7 Å². The van der Waals surface area contributed by atoms with Crippen molar-refractivity contribution in [1.82, 2.24) is 20.1 Å². The highest BCUT2D eigenvalue weighted by Crippen LogP contribution is 2.36. The molecule has 26 heavy (non-hydrogen) atoms. The van der Waals surface area contributed by atoms with Gasteiger partial charge in [0.15, 0.2) is 11.9 Å². The van der Waals surface area contributed by atoms with E-state index in [-0.39, 0.29) is 18.6 Å². The van der Waals surface area contributed by atoms with Crippen molar-refractivity contribution in [3.8, 4) is 0 Å². The molecule has 0 radical (unpaired) electrons. The molecule has 0 bridgehead atoms. The Morgan fingerprint density at radius 1 is 1.35 bits per heavy atom. The first-order valence-electron chi connectivity index (χ1n) is 8.69. The van der Waals surface area contributed by atoms with Gasteiger partial charge in [0.2, 0.25) is 0 Å². The number of hydrogen-bond donors (Lipinski definition) is 3. The summed E-state index contributed by atoms with van der Waals surface area (Å²) in [6.45, 7) is 0.913. The lowest BCUT2D eigenvalue weighted by atomic mass is 9.79. The van der Waals surface area contributed by atoms with E-state index in [9.17, 15) is 15.0 Å². The zero-order valence-corrected chi connectivity index (χ0v) is 14.7. The molecule has 3 N–H and O–H groups in total. The third-order valence-electron chi connectivity index (χ3n) is 4.73. The quantitative estimate of drug-likeness (QED) is 0.633. The van der Waals surface area contributed by atoms with E-state index < -0.39 is 12.0 Å². The van der Waals surface area contributed by atoms with Gasteiger partial charge in [-0.3, -0.25) is 4.79 Å². The summed E-state index contributed by atoms with van der Waals surface area (Å²) < 4.78 is 6.98. The van der Waals surface area contributed by atoms with Crippen molar-refractivity contribution in [2.45, 2.75) is 44.1 Å². The first kappa shape index (κ1) is 18.5. The SMILES string of the molecule is COCCn1c(CO)nnc1C1CC(NC(=O)[C@H](O)c2ccccc2)C1. The summed E-state index contributed by atoms with van der Waals surface area (Å²) in [5.74, 6) is 1.10.